The first-order valence-electron chi connectivity index (χ1n) is 3.99. The first-order chi connectivity index (χ1) is 4.70. The molecule has 0 aliphatic heterocycles. The molecule has 0 atom stereocenters. The van der Waals surface area contributed by atoms with Crippen LogP contribution in [0.2, 0.25) is 0 Å². The molecule has 0 N–H and O–H groups in total. The van der Waals surface area contributed by atoms with Crippen molar-refractivity contribution in [2.75, 3.05) is 0 Å². The summed E-state index contributed by atoms with van der Waals surface area (Å²) in [6.45, 7) is 10.4. The highest BCUT2D eigenvalue weighted by Crippen LogP contribution is 2.12. The van der Waals surface area contributed by atoms with Gasteiger partial charge in [0.15, 0.2) is 0 Å². The van der Waals surface area contributed by atoms with Crippen molar-refractivity contribution in [1.29, 1.82) is 0 Å². The number of hydrogen-bond donors (Lipinski definition) is 0. The van der Waals surface area contributed by atoms with Crippen molar-refractivity contribution in [3.63, 3.8) is 0 Å². The van der Waals surface area contributed by atoms with E-state index in [9.17, 15) is 0 Å². The third-order valence-corrected chi connectivity index (χ3v) is 1.63. The van der Waals surface area contributed by atoms with Gasteiger partial charge in [0.05, 0.1) is 0 Å². The molecule has 0 saturated carbocycles. The topological polar surface area (TPSA) is 0 Å². The summed E-state index contributed by atoms with van der Waals surface area (Å²) in [7, 11) is 0. The first kappa shape index (κ1) is 9.48. The fourth-order valence-electron chi connectivity index (χ4n) is 0.938. The van der Waals surface area contributed by atoms with Crippen molar-refractivity contribution in [1.82, 2.24) is 0 Å². The van der Waals surface area contributed by atoms with E-state index in [-0.39, 0.29) is 0 Å². The lowest BCUT2D eigenvalue weighted by Gasteiger charge is -2.02. The Balaban J connectivity index is 3.58. The van der Waals surface area contributed by atoms with Crippen LogP contribution >= 0.6 is 0 Å². The van der Waals surface area contributed by atoms with E-state index in [2.05, 4.69) is 33.4 Å². The van der Waals surface area contributed by atoms with Crippen molar-refractivity contribution in [3.8, 4) is 0 Å². The summed E-state index contributed by atoms with van der Waals surface area (Å²) in [6.07, 6.45) is 5.63. The average molecular weight is 138 g/mol. The van der Waals surface area contributed by atoms with Gasteiger partial charge in [-0.1, -0.05) is 37.1 Å². The summed E-state index contributed by atoms with van der Waals surface area (Å²) in [5.74, 6) is 0. The Morgan fingerprint density at radius 3 is 2.50 bits per heavy atom. The lowest BCUT2D eigenvalue weighted by molar-refractivity contribution is 0.870. The molecule has 0 unspecified atom stereocenters. The SMILES string of the molecule is C=C(CCC)CC(C)=CC. The Kier molecular flexibility index (Phi) is 5.00. The monoisotopic (exact) mass is 138 g/mol. The summed E-state index contributed by atoms with van der Waals surface area (Å²) >= 11 is 0. The zero-order valence-electron chi connectivity index (χ0n) is 7.41. The molecule has 0 saturated heterocycles. The lowest BCUT2D eigenvalue weighted by Crippen LogP contribution is -1.82. The summed E-state index contributed by atoms with van der Waals surface area (Å²) in [4.78, 5) is 0. The Hall–Kier alpha value is -0.520. The van der Waals surface area contributed by atoms with Gasteiger partial charge in [-0.05, 0) is 26.7 Å². The molecule has 0 aromatic heterocycles. The molecule has 0 nitrogen and oxygen atoms in total. The number of hydrogen-bond acceptors (Lipinski definition) is 0. The standard InChI is InChI=1S/C10H18/c1-5-7-10(4)8-9(3)6-2/h6H,4-5,7-8H2,1-3H3. The highest BCUT2D eigenvalue weighted by atomic mass is 14.0. The van der Waals surface area contributed by atoms with Crippen molar-refractivity contribution >= 4 is 0 Å². The van der Waals surface area contributed by atoms with E-state index < -0.39 is 0 Å². The van der Waals surface area contributed by atoms with Gasteiger partial charge < -0.3 is 0 Å². The van der Waals surface area contributed by atoms with Crippen LogP contribution in [0.15, 0.2) is 23.8 Å². The largest absolute Gasteiger partial charge is 0.0995 e. The van der Waals surface area contributed by atoms with Gasteiger partial charge in [-0.15, -0.1) is 0 Å². The zero-order valence-corrected chi connectivity index (χ0v) is 7.41. The summed E-state index contributed by atoms with van der Waals surface area (Å²) in [5.41, 5.74) is 2.79. The minimum atomic E-state index is 1.09. The van der Waals surface area contributed by atoms with Gasteiger partial charge in [-0.2, -0.15) is 0 Å². The fraction of sp³-hybridized carbons (Fsp3) is 0.600. The molecule has 0 heterocycles. The minimum absolute atomic E-state index is 1.09. The van der Waals surface area contributed by atoms with Gasteiger partial charge >= 0.3 is 0 Å². The van der Waals surface area contributed by atoms with E-state index in [0.29, 0.717) is 0 Å². The molecule has 0 radical (unpaired) electrons. The zero-order chi connectivity index (χ0) is 7.98. The maximum absolute atomic E-state index is 3.99. The molecule has 0 aromatic carbocycles. The molecule has 0 heteroatoms. The van der Waals surface area contributed by atoms with Crippen LogP contribution in [0.3, 0.4) is 0 Å². The highest BCUT2D eigenvalue weighted by molar-refractivity contribution is 5.09. The van der Waals surface area contributed by atoms with Gasteiger partial charge in [-0.25, -0.2) is 0 Å². The maximum atomic E-state index is 3.99. The molecule has 0 aliphatic rings. The fourth-order valence-corrected chi connectivity index (χ4v) is 0.938. The van der Waals surface area contributed by atoms with Crippen LogP contribution in [0.25, 0.3) is 0 Å². The molecule has 0 aliphatic carbocycles. The summed E-state index contributed by atoms with van der Waals surface area (Å²) in [6, 6.07) is 0. The second-order valence-corrected chi connectivity index (χ2v) is 2.81. The van der Waals surface area contributed by atoms with Crippen LogP contribution in [0.1, 0.15) is 40.0 Å². The Labute approximate surface area is 64.6 Å². The van der Waals surface area contributed by atoms with Crippen LogP contribution in [-0.2, 0) is 0 Å². The van der Waals surface area contributed by atoms with Crippen LogP contribution in [0, 0.1) is 0 Å². The second kappa shape index (κ2) is 5.28. The lowest BCUT2D eigenvalue weighted by atomic mass is 10.0. The predicted octanol–water partition coefficient (Wildman–Crippen LogP) is 3.70. The maximum Gasteiger partial charge on any atom is -0.0114 e. The predicted molar refractivity (Wildman–Crippen MR) is 48.1 cm³/mol. The summed E-state index contributed by atoms with van der Waals surface area (Å²) in [5, 5.41) is 0. The van der Waals surface area contributed by atoms with Crippen molar-refractivity contribution in [2.45, 2.75) is 40.0 Å². The van der Waals surface area contributed by atoms with Crippen molar-refractivity contribution in [2.24, 2.45) is 0 Å². The van der Waals surface area contributed by atoms with Crippen molar-refractivity contribution < 1.29 is 0 Å². The molecule has 58 valence electrons. The number of rotatable bonds is 4. The van der Waals surface area contributed by atoms with E-state index in [4.69, 9.17) is 0 Å². The van der Waals surface area contributed by atoms with Gasteiger partial charge in [0, 0.05) is 0 Å². The molecule has 0 amide bonds. The van der Waals surface area contributed by atoms with Crippen molar-refractivity contribution in [3.05, 3.63) is 23.8 Å². The minimum Gasteiger partial charge on any atom is -0.0995 e. The van der Waals surface area contributed by atoms with Crippen LogP contribution in [0.4, 0.5) is 0 Å². The average Bonchev–Trinajstić information content (AvgIpc) is 1.88. The quantitative estimate of drug-likeness (QED) is 0.520. The third-order valence-electron chi connectivity index (χ3n) is 1.63. The highest BCUT2D eigenvalue weighted by Gasteiger charge is 1.92. The van der Waals surface area contributed by atoms with Gasteiger partial charge in [0.1, 0.15) is 0 Å². The van der Waals surface area contributed by atoms with E-state index >= 15 is 0 Å². The van der Waals surface area contributed by atoms with E-state index in [1.807, 2.05) is 0 Å². The molecule has 10 heavy (non-hydrogen) atoms. The Morgan fingerprint density at radius 1 is 1.50 bits per heavy atom. The Morgan fingerprint density at radius 2 is 2.10 bits per heavy atom. The molecular weight excluding hydrogens is 120 g/mol. The molecule has 0 fully saturated rings. The second-order valence-electron chi connectivity index (χ2n) is 2.81. The van der Waals surface area contributed by atoms with E-state index in [0.717, 1.165) is 6.42 Å². The molecule has 0 rings (SSSR count). The van der Waals surface area contributed by atoms with Crippen LogP contribution in [0.5, 0.6) is 0 Å². The normalized spacial score (nSPS) is 11.7. The summed E-state index contributed by atoms with van der Waals surface area (Å²) < 4.78 is 0. The molecular formula is C10H18. The molecule has 0 aromatic rings. The van der Waals surface area contributed by atoms with Gasteiger partial charge in [0.25, 0.3) is 0 Å². The van der Waals surface area contributed by atoms with Crippen LogP contribution in [-0.4, -0.2) is 0 Å². The van der Waals surface area contributed by atoms with E-state index in [1.165, 1.54) is 24.0 Å². The smallest absolute Gasteiger partial charge is 0.0114 e. The molecule has 0 spiro atoms. The Bertz CT molecular complexity index is 129. The third kappa shape index (κ3) is 4.37. The van der Waals surface area contributed by atoms with E-state index in [1.54, 1.807) is 0 Å². The van der Waals surface area contributed by atoms with Crippen LogP contribution < -0.4 is 0 Å². The molecule has 0 bridgehead atoms. The van der Waals surface area contributed by atoms with Gasteiger partial charge in [0.2, 0.25) is 0 Å². The first-order valence-corrected chi connectivity index (χ1v) is 3.99. The van der Waals surface area contributed by atoms with Gasteiger partial charge in [-0.3, -0.25) is 0 Å². The number of allylic oxidation sites excluding steroid dienone is 3.